The van der Waals surface area contributed by atoms with Gasteiger partial charge in [-0.3, -0.25) is 0 Å². The molecule has 0 radical (unpaired) electrons. The number of rotatable bonds is 6. The standard InChI is InChI=1S/C14H18N2O3S/c1-10(20-2)9-15-14(19)16-12-6-3-11(4-7-12)5-8-13(17)18/h3-8,10H,9H2,1-2H3,(H,17,18)(H2,15,16,19)/b8-5+. The lowest BCUT2D eigenvalue weighted by molar-refractivity contribution is -0.131. The number of carboxylic acid groups (broad SMARTS) is 1. The number of carboxylic acids is 1. The molecule has 3 N–H and O–H groups in total. The summed E-state index contributed by atoms with van der Waals surface area (Å²) in [5, 5.41) is 14.4. The summed E-state index contributed by atoms with van der Waals surface area (Å²) in [5.74, 6) is -0.991. The lowest BCUT2D eigenvalue weighted by Gasteiger charge is -2.11. The topological polar surface area (TPSA) is 78.4 Å². The van der Waals surface area contributed by atoms with E-state index in [-0.39, 0.29) is 6.03 Å². The van der Waals surface area contributed by atoms with Gasteiger partial charge in [0.2, 0.25) is 0 Å². The second kappa shape index (κ2) is 8.27. The predicted molar refractivity (Wildman–Crippen MR) is 83.1 cm³/mol. The SMILES string of the molecule is CSC(C)CNC(=O)Nc1ccc(/C=C/C(=O)O)cc1. The number of carbonyl (C=O) groups excluding carboxylic acids is 1. The first-order chi connectivity index (χ1) is 9.51. The fraction of sp³-hybridized carbons (Fsp3) is 0.286. The molecule has 108 valence electrons. The van der Waals surface area contributed by atoms with E-state index in [0.29, 0.717) is 17.5 Å². The first-order valence-electron chi connectivity index (χ1n) is 6.10. The van der Waals surface area contributed by atoms with E-state index in [1.807, 2.05) is 13.2 Å². The molecule has 0 fully saturated rings. The third-order valence-corrected chi connectivity index (χ3v) is 3.51. The van der Waals surface area contributed by atoms with E-state index in [2.05, 4.69) is 10.6 Å². The number of amides is 2. The normalized spacial score (nSPS) is 12.1. The van der Waals surface area contributed by atoms with Crippen LogP contribution < -0.4 is 10.6 Å². The Morgan fingerprint density at radius 3 is 2.55 bits per heavy atom. The van der Waals surface area contributed by atoms with Gasteiger partial charge in [-0.05, 0) is 30.0 Å². The van der Waals surface area contributed by atoms with Crippen molar-refractivity contribution in [1.82, 2.24) is 5.32 Å². The van der Waals surface area contributed by atoms with Gasteiger partial charge in [0.1, 0.15) is 0 Å². The molecule has 0 bridgehead atoms. The van der Waals surface area contributed by atoms with E-state index in [4.69, 9.17) is 5.11 Å². The molecule has 0 heterocycles. The average Bonchev–Trinajstić information content (AvgIpc) is 2.44. The summed E-state index contributed by atoms with van der Waals surface area (Å²) in [6.07, 6.45) is 4.55. The molecular formula is C14H18N2O3S. The Balaban J connectivity index is 2.48. The molecule has 6 heteroatoms. The van der Waals surface area contributed by atoms with Gasteiger partial charge in [0, 0.05) is 23.6 Å². The van der Waals surface area contributed by atoms with Crippen LogP contribution in [0, 0.1) is 0 Å². The molecule has 0 saturated carbocycles. The van der Waals surface area contributed by atoms with Crippen molar-refractivity contribution < 1.29 is 14.7 Å². The molecule has 1 unspecified atom stereocenters. The summed E-state index contributed by atoms with van der Waals surface area (Å²) in [6, 6.07) is 6.66. The number of anilines is 1. The molecule has 0 saturated heterocycles. The monoisotopic (exact) mass is 294 g/mol. The van der Waals surface area contributed by atoms with Gasteiger partial charge in [-0.1, -0.05) is 19.1 Å². The molecule has 0 aliphatic rings. The molecule has 0 aromatic heterocycles. The summed E-state index contributed by atoms with van der Waals surface area (Å²) in [6.45, 7) is 2.64. The highest BCUT2D eigenvalue weighted by molar-refractivity contribution is 7.99. The van der Waals surface area contributed by atoms with Gasteiger partial charge < -0.3 is 15.7 Å². The van der Waals surface area contributed by atoms with Crippen molar-refractivity contribution in [1.29, 1.82) is 0 Å². The van der Waals surface area contributed by atoms with E-state index in [1.54, 1.807) is 36.0 Å². The Bertz CT molecular complexity index is 486. The van der Waals surface area contributed by atoms with Crippen LogP contribution in [-0.2, 0) is 4.79 Å². The molecule has 1 aromatic rings. The molecule has 2 amide bonds. The van der Waals surface area contributed by atoms with Crippen LogP contribution in [0.4, 0.5) is 10.5 Å². The molecule has 1 aromatic carbocycles. The quantitative estimate of drug-likeness (QED) is 0.705. The Kier molecular flexibility index (Phi) is 6.66. The summed E-state index contributed by atoms with van der Waals surface area (Å²) in [4.78, 5) is 22.0. The van der Waals surface area contributed by atoms with Gasteiger partial charge in [-0.2, -0.15) is 11.8 Å². The minimum Gasteiger partial charge on any atom is -0.478 e. The lowest BCUT2D eigenvalue weighted by Crippen LogP contribution is -2.33. The number of carbonyl (C=O) groups is 2. The summed E-state index contributed by atoms with van der Waals surface area (Å²) in [5.41, 5.74) is 1.42. The van der Waals surface area contributed by atoms with Gasteiger partial charge in [0.05, 0.1) is 0 Å². The Labute approximate surface area is 122 Å². The summed E-state index contributed by atoms with van der Waals surface area (Å²) < 4.78 is 0. The number of hydrogen-bond donors (Lipinski definition) is 3. The molecule has 1 atom stereocenters. The van der Waals surface area contributed by atoms with E-state index >= 15 is 0 Å². The molecule has 20 heavy (non-hydrogen) atoms. The zero-order chi connectivity index (χ0) is 15.0. The molecular weight excluding hydrogens is 276 g/mol. The van der Waals surface area contributed by atoms with Gasteiger partial charge in [0.15, 0.2) is 0 Å². The summed E-state index contributed by atoms with van der Waals surface area (Å²) in [7, 11) is 0. The van der Waals surface area contributed by atoms with Crippen LogP contribution >= 0.6 is 11.8 Å². The fourth-order valence-electron chi connectivity index (χ4n) is 1.34. The number of aliphatic carboxylic acids is 1. The minimum atomic E-state index is -0.991. The van der Waals surface area contributed by atoms with Crippen LogP contribution in [0.2, 0.25) is 0 Å². The van der Waals surface area contributed by atoms with Crippen LogP contribution in [0.1, 0.15) is 12.5 Å². The van der Waals surface area contributed by atoms with Crippen molar-refractivity contribution in [2.45, 2.75) is 12.2 Å². The van der Waals surface area contributed by atoms with Gasteiger partial charge in [0.25, 0.3) is 0 Å². The lowest BCUT2D eigenvalue weighted by atomic mass is 10.2. The molecule has 5 nitrogen and oxygen atoms in total. The highest BCUT2D eigenvalue weighted by atomic mass is 32.2. The number of urea groups is 1. The third kappa shape index (κ3) is 6.29. The maximum Gasteiger partial charge on any atom is 0.328 e. The Hall–Kier alpha value is -1.95. The molecule has 1 rings (SSSR count). The molecule has 0 aliphatic heterocycles. The van der Waals surface area contributed by atoms with Crippen molar-refractivity contribution in [3.05, 3.63) is 35.9 Å². The Morgan fingerprint density at radius 2 is 2.00 bits per heavy atom. The van der Waals surface area contributed by atoms with Crippen molar-refractivity contribution in [2.75, 3.05) is 18.1 Å². The maximum absolute atomic E-state index is 11.6. The molecule has 0 aliphatic carbocycles. The van der Waals surface area contributed by atoms with Gasteiger partial charge in [-0.15, -0.1) is 0 Å². The molecule has 0 spiro atoms. The van der Waals surface area contributed by atoms with Crippen molar-refractivity contribution in [3.63, 3.8) is 0 Å². The van der Waals surface area contributed by atoms with Crippen LogP contribution in [-0.4, -0.2) is 35.2 Å². The first kappa shape index (κ1) is 16.1. The van der Waals surface area contributed by atoms with E-state index in [0.717, 1.165) is 11.6 Å². The number of nitrogens with one attached hydrogen (secondary N) is 2. The first-order valence-corrected chi connectivity index (χ1v) is 7.38. The zero-order valence-corrected chi connectivity index (χ0v) is 12.2. The highest BCUT2D eigenvalue weighted by Gasteiger charge is 2.04. The smallest absolute Gasteiger partial charge is 0.328 e. The fourth-order valence-corrected chi connectivity index (χ4v) is 1.59. The minimum absolute atomic E-state index is 0.250. The Morgan fingerprint density at radius 1 is 1.35 bits per heavy atom. The predicted octanol–water partition coefficient (Wildman–Crippen LogP) is 2.66. The third-order valence-electron chi connectivity index (χ3n) is 2.54. The van der Waals surface area contributed by atoms with Crippen molar-refractivity contribution in [3.8, 4) is 0 Å². The largest absolute Gasteiger partial charge is 0.478 e. The second-order valence-electron chi connectivity index (χ2n) is 4.17. The number of benzene rings is 1. The van der Waals surface area contributed by atoms with Crippen LogP contribution in [0.15, 0.2) is 30.3 Å². The van der Waals surface area contributed by atoms with Crippen LogP contribution in [0.5, 0.6) is 0 Å². The van der Waals surface area contributed by atoms with Crippen molar-refractivity contribution in [2.24, 2.45) is 0 Å². The van der Waals surface area contributed by atoms with Crippen LogP contribution in [0.3, 0.4) is 0 Å². The second-order valence-corrected chi connectivity index (χ2v) is 5.45. The van der Waals surface area contributed by atoms with E-state index in [1.165, 1.54) is 6.08 Å². The number of hydrogen-bond acceptors (Lipinski definition) is 3. The summed E-state index contributed by atoms with van der Waals surface area (Å²) >= 11 is 1.68. The van der Waals surface area contributed by atoms with Gasteiger partial charge in [-0.25, -0.2) is 9.59 Å². The van der Waals surface area contributed by atoms with E-state index in [9.17, 15) is 9.59 Å². The average molecular weight is 294 g/mol. The van der Waals surface area contributed by atoms with E-state index < -0.39 is 5.97 Å². The number of thioether (sulfide) groups is 1. The van der Waals surface area contributed by atoms with Gasteiger partial charge >= 0.3 is 12.0 Å². The van der Waals surface area contributed by atoms with Crippen molar-refractivity contribution >= 4 is 35.5 Å². The zero-order valence-electron chi connectivity index (χ0n) is 11.4. The van der Waals surface area contributed by atoms with Crippen LogP contribution in [0.25, 0.3) is 6.08 Å². The highest BCUT2D eigenvalue weighted by Crippen LogP contribution is 2.10. The maximum atomic E-state index is 11.6.